The minimum atomic E-state index is -3.64. The number of hydrogen-bond donors (Lipinski definition) is 4. The van der Waals surface area contributed by atoms with Gasteiger partial charge in [-0.15, -0.1) is 0 Å². The van der Waals surface area contributed by atoms with E-state index in [1.165, 1.54) is 8.61 Å². The van der Waals surface area contributed by atoms with Gasteiger partial charge in [0.1, 0.15) is 11.6 Å². The summed E-state index contributed by atoms with van der Waals surface area (Å²) < 4.78 is 135. The number of likely N-dealkylation sites (tertiary alicyclic amines) is 2. The van der Waals surface area contributed by atoms with Crippen LogP contribution in [0.15, 0.2) is 107 Å². The summed E-state index contributed by atoms with van der Waals surface area (Å²) in [6, 6.07) is 16.7. The van der Waals surface area contributed by atoms with Gasteiger partial charge in [0.25, 0.3) is 0 Å². The maximum absolute atomic E-state index is 13.9. The first-order valence-corrected chi connectivity index (χ1v) is 25.5. The second kappa shape index (κ2) is 23.6. The normalized spacial score (nSPS) is 20.8. The highest BCUT2D eigenvalue weighted by Crippen LogP contribution is 2.36. The van der Waals surface area contributed by atoms with Crippen LogP contribution < -0.4 is 11.5 Å². The Morgan fingerprint density at radius 2 is 0.875 bits per heavy atom. The lowest BCUT2D eigenvalue weighted by atomic mass is 10.0. The van der Waals surface area contributed by atoms with E-state index in [4.69, 9.17) is 21.7 Å². The van der Waals surface area contributed by atoms with Gasteiger partial charge in [-0.2, -0.15) is 8.61 Å². The van der Waals surface area contributed by atoms with Crippen molar-refractivity contribution < 1.29 is 72.6 Å². The monoisotopic (exact) mass is 1050 g/mol. The zero-order valence-electron chi connectivity index (χ0n) is 38.4. The van der Waals surface area contributed by atoms with Gasteiger partial charge < -0.3 is 31.5 Å². The topological polar surface area (TPSA) is 242 Å². The molecular formula is C48H52F6N6O10S2. The van der Waals surface area contributed by atoms with Crippen molar-refractivity contribution >= 4 is 43.8 Å². The molecule has 4 aromatic carbocycles. The van der Waals surface area contributed by atoms with E-state index in [-0.39, 0.29) is 95.4 Å². The van der Waals surface area contributed by atoms with Crippen molar-refractivity contribution in [2.45, 2.75) is 72.5 Å². The molecule has 4 heterocycles. The van der Waals surface area contributed by atoms with Gasteiger partial charge >= 0.3 is 11.9 Å². The predicted octanol–water partition coefficient (Wildman–Crippen LogP) is 4.28. The van der Waals surface area contributed by atoms with Crippen LogP contribution in [0.4, 0.5) is 26.3 Å². The average molecular weight is 1050 g/mol. The number of benzene rings is 4. The van der Waals surface area contributed by atoms with Gasteiger partial charge in [-0.25, -0.2) is 52.8 Å². The van der Waals surface area contributed by atoms with Crippen LogP contribution in [0, 0.1) is 46.7 Å². The zero-order valence-corrected chi connectivity index (χ0v) is 40.0. The van der Waals surface area contributed by atoms with Crippen LogP contribution in [-0.4, -0.2) is 133 Å². The fourth-order valence-corrected chi connectivity index (χ4v) is 12.4. The number of halogens is 6. The summed E-state index contributed by atoms with van der Waals surface area (Å²) in [5.41, 5.74) is 11.8. The second-order valence-electron chi connectivity index (χ2n) is 17.7. The lowest BCUT2D eigenvalue weighted by Gasteiger charge is -2.26. The lowest BCUT2D eigenvalue weighted by Crippen LogP contribution is -2.43. The van der Waals surface area contributed by atoms with Crippen LogP contribution in [0.5, 0.6) is 0 Å². The molecule has 6 atom stereocenters. The second-order valence-corrected chi connectivity index (χ2v) is 21.6. The highest BCUT2D eigenvalue weighted by atomic mass is 32.2. The molecule has 4 aliphatic heterocycles. The Labute approximate surface area is 411 Å². The standard InChI is InChI=1S/2C22H24F3N3O3S.C4H4O4/c2*23-18-11-20(25)19(24)9-15(18)8-16(26)10-22(29)28-7-6-14-12-27(13-21(14)28)32(30,31)17-4-2-1-3-5-17;5-3(6)1-2-4(7)8/h2*1-5,9,11,14,16,21H,6-8,10,12-13,26H2;1-2H,(H,5,6)(H,7,8)/b;;2-1+/t2*14-,16+,21+;/m00./s1. The Hall–Kier alpha value is -6.18. The number of carboxylic acids is 2. The number of carbonyl (C=O) groups excluding carboxylic acids is 2. The number of nitrogens with zero attached hydrogens (tertiary/aromatic N) is 4. The van der Waals surface area contributed by atoms with E-state index in [2.05, 4.69) is 0 Å². The van der Waals surface area contributed by atoms with Crippen molar-refractivity contribution in [1.29, 1.82) is 0 Å². The van der Waals surface area contributed by atoms with Crippen molar-refractivity contribution in [2.75, 3.05) is 39.3 Å². The Bertz CT molecular complexity index is 2700. The molecule has 4 aromatic rings. The SMILES string of the molecule is N[C@@H](CC(=O)N1CC[C@H]2CN(S(=O)(=O)c3ccccc3)C[C@H]21)Cc1cc(F)c(F)cc1F.N[C@@H](CC(=O)N1CC[C@H]2CN(S(=O)(=O)c3ccccc3)C[C@H]21)Cc1cc(F)c(F)cc1F.O=C(O)/C=C/C(=O)O. The Kier molecular flexibility index (Phi) is 18.1. The van der Waals surface area contributed by atoms with Crippen LogP contribution >= 0.6 is 0 Å². The molecule has 16 nitrogen and oxygen atoms in total. The molecule has 4 aliphatic rings. The summed E-state index contributed by atoms with van der Waals surface area (Å²) in [6.07, 6.45) is 2.04. The van der Waals surface area contributed by atoms with E-state index in [9.17, 15) is 62.4 Å². The van der Waals surface area contributed by atoms with Crippen LogP contribution in [-0.2, 0) is 52.1 Å². The number of nitrogens with two attached hydrogens (primary N) is 2. The van der Waals surface area contributed by atoms with Gasteiger partial charge in [0.05, 0.1) is 9.79 Å². The van der Waals surface area contributed by atoms with Crippen molar-refractivity contribution in [3.05, 3.63) is 143 Å². The quantitative estimate of drug-likeness (QED) is 0.0786. The van der Waals surface area contributed by atoms with Gasteiger partial charge in [-0.05, 0) is 85.0 Å². The first-order chi connectivity index (χ1) is 34.0. The van der Waals surface area contributed by atoms with Crippen molar-refractivity contribution in [2.24, 2.45) is 23.3 Å². The molecule has 0 bridgehead atoms. The van der Waals surface area contributed by atoms with Crippen molar-refractivity contribution in [3.8, 4) is 0 Å². The summed E-state index contributed by atoms with van der Waals surface area (Å²) in [5, 5.41) is 15.6. The number of rotatable bonds is 14. The number of aliphatic carboxylic acids is 2. The van der Waals surface area contributed by atoms with Crippen molar-refractivity contribution in [3.63, 3.8) is 0 Å². The Morgan fingerprint density at radius 3 is 1.21 bits per heavy atom. The van der Waals surface area contributed by atoms with E-state index >= 15 is 0 Å². The molecule has 8 rings (SSSR count). The van der Waals surface area contributed by atoms with Crippen LogP contribution in [0.1, 0.15) is 36.8 Å². The van der Waals surface area contributed by atoms with Gasteiger partial charge in [0.15, 0.2) is 23.3 Å². The molecular weight excluding hydrogens is 999 g/mol. The Balaban J connectivity index is 0.000000205. The minimum absolute atomic E-state index is 0.0392. The molecule has 0 saturated carbocycles. The smallest absolute Gasteiger partial charge is 0.328 e. The Morgan fingerprint density at radius 1 is 0.542 bits per heavy atom. The summed E-state index contributed by atoms with van der Waals surface area (Å²) >= 11 is 0. The first kappa shape index (κ1) is 55.1. The van der Waals surface area contributed by atoms with Gasteiger partial charge in [0.2, 0.25) is 31.9 Å². The average Bonchev–Trinajstić information content (AvgIpc) is 4.13. The fraction of sp³-hybridized carbons (Fsp3) is 0.375. The molecule has 2 amide bonds. The van der Waals surface area contributed by atoms with Crippen molar-refractivity contribution in [1.82, 2.24) is 18.4 Å². The van der Waals surface area contributed by atoms with Crippen LogP contribution in [0.2, 0.25) is 0 Å². The largest absolute Gasteiger partial charge is 0.478 e. The number of carboxylic acid groups (broad SMARTS) is 2. The fourth-order valence-electron chi connectivity index (χ4n) is 9.32. The maximum Gasteiger partial charge on any atom is 0.328 e. The molecule has 72 heavy (non-hydrogen) atoms. The van der Waals surface area contributed by atoms with E-state index in [0.717, 1.165) is 12.1 Å². The molecule has 0 radical (unpaired) electrons. The minimum Gasteiger partial charge on any atom is -0.478 e. The number of amides is 2. The van der Waals surface area contributed by atoms with Gasteiger partial charge in [-0.1, -0.05) is 36.4 Å². The first-order valence-electron chi connectivity index (χ1n) is 22.6. The van der Waals surface area contributed by atoms with Gasteiger partial charge in [0, 0.05) is 101 Å². The third-order valence-corrected chi connectivity index (χ3v) is 16.5. The third-order valence-electron chi connectivity index (χ3n) is 12.8. The summed E-state index contributed by atoms with van der Waals surface area (Å²) in [6.45, 7) is 2.11. The van der Waals surface area contributed by atoms with Crippen LogP contribution in [0.25, 0.3) is 0 Å². The van der Waals surface area contributed by atoms with Crippen LogP contribution in [0.3, 0.4) is 0 Å². The molecule has 0 spiro atoms. The highest BCUT2D eigenvalue weighted by Gasteiger charge is 2.48. The number of hydrogen-bond acceptors (Lipinski definition) is 10. The molecule has 0 aromatic heterocycles. The lowest BCUT2D eigenvalue weighted by molar-refractivity contribution is -0.134. The molecule has 4 saturated heterocycles. The zero-order chi connectivity index (χ0) is 52.7. The summed E-state index contributed by atoms with van der Waals surface area (Å²) in [7, 11) is -7.29. The number of fused-ring (bicyclic) bond motifs is 2. The molecule has 388 valence electrons. The maximum atomic E-state index is 13.9. The van der Waals surface area contributed by atoms with E-state index in [1.54, 1.807) is 70.5 Å². The molecule has 0 aliphatic carbocycles. The number of carbonyl (C=O) groups is 4. The summed E-state index contributed by atoms with van der Waals surface area (Å²) in [4.78, 5) is 48.6. The third kappa shape index (κ3) is 13.5. The van der Waals surface area contributed by atoms with E-state index < -0.39 is 79.0 Å². The van der Waals surface area contributed by atoms with Gasteiger partial charge in [-0.3, -0.25) is 9.59 Å². The number of sulfonamides is 2. The molecule has 4 fully saturated rings. The molecule has 6 N–H and O–H groups in total. The van der Waals surface area contributed by atoms with E-state index in [0.29, 0.717) is 63.3 Å². The highest BCUT2D eigenvalue weighted by molar-refractivity contribution is 7.89. The predicted molar refractivity (Wildman–Crippen MR) is 247 cm³/mol. The molecule has 0 unspecified atom stereocenters. The van der Waals surface area contributed by atoms with E-state index in [1.807, 2.05) is 0 Å². The summed E-state index contributed by atoms with van der Waals surface area (Å²) in [5.74, 6) is -9.68. The molecule has 24 heteroatoms.